The average molecular weight is 260 g/mol. The van der Waals surface area contributed by atoms with Crippen molar-refractivity contribution in [2.75, 3.05) is 6.54 Å². The monoisotopic (exact) mass is 260 g/mol. The Morgan fingerprint density at radius 1 is 1.17 bits per heavy atom. The fourth-order valence-electron chi connectivity index (χ4n) is 1.26. The summed E-state index contributed by atoms with van der Waals surface area (Å²) < 4.78 is 0. The molecule has 0 saturated heterocycles. The maximum Gasteiger partial charge on any atom is 0.326 e. The van der Waals surface area contributed by atoms with Crippen LogP contribution in [0.2, 0.25) is 0 Å². The second kappa shape index (κ2) is 8.46. The largest absolute Gasteiger partial charge is 0.481 e. The van der Waals surface area contributed by atoms with E-state index in [1.807, 2.05) is 13.8 Å². The fraction of sp³-hybridized carbons (Fsp3) is 0.727. The Morgan fingerprint density at radius 3 is 2.22 bits per heavy atom. The molecule has 0 fully saturated rings. The zero-order valence-corrected chi connectivity index (χ0v) is 10.6. The molecule has 0 radical (unpaired) electrons. The molecule has 0 rings (SSSR count). The van der Waals surface area contributed by atoms with Gasteiger partial charge in [-0.15, -0.1) is 0 Å². The first-order valence-corrected chi connectivity index (χ1v) is 5.80. The van der Waals surface area contributed by atoms with Crippen molar-refractivity contribution in [1.29, 1.82) is 0 Å². The van der Waals surface area contributed by atoms with Crippen LogP contribution in [-0.2, 0) is 14.4 Å². The molecule has 7 nitrogen and oxygen atoms in total. The highest BCUT2D eigenvalue weighted by molar-refractivity contribution is 5.84. The lowest BCUT2D eigenvalue weighted by molar-refractivity contribution is -0.142. The first-order valence-electron chi connectivity index (χ1n) is 5.80. The highest BCUT2D eigenvalue weighted by Crippen LogP contribution is 2.01. The zero-order chi connectivity index (χ0) is 14.1. The normalized spacial score (nSPS) is 12.2. The Balaban J connectivity index is 4.06. The van der Waals surface area contributed by atoms with Gasteiger partial charge >= 0.3 is 11.9 Å². The van der Waals surface area contributed by atoms with Gasteiger partial charge in [0.05, 0.1) is 6.54 Å². The predicted octanol–water partition coefficient (Wildman–Crippen LogP) is -0.191. The summed E-state index contributed by atoms with van der Waals surface area (Å²) in [5, 5.41) is 22.5. The molecule has 0 unspecified atom stereocenters. The van der Waals surface area contributed by atoms with Crippen LogP contribution in [0.1, 0.15) is 33.1 Å². The Kier molecular flexibility index (Phi) is 7.69. The molecule has 0 aliphatic rings. The van der Waals surface area contributed by atoms with Crippen LogP contribution in [0.5, 0.6) is 0 Å². The molecule has 0 aliphatic heterocycles. The van der Waals surface area contributed by atoms with Crippen LogP contribution in [0.25, 0.3) is 0 Å². The quantitative estimate of drug-likeness (QED) is 0.456. The van der Waals surface area contributed by atoms with E-state index in [1.165, 1.54) is 0 Å². The smallest absolute Gasteiger partial charge is 0.326 e. The Morgan fingerprint density at radius 2 is 1.78 bits per heavy atom. The molecule has 18 heavy (non-hydrogen) atoms. The third-order valence-electron chi connectivity index (χ3n) is 2.19. The molecule has 0 spiro atoms. The molecule has 0 aromatic heterocycles. The number of aliphatic carboxylic acids is 2. The van der Waals surface area contributed by atoms with Gasteiger partial charge in [0.1, 0.15) is 6.04 Å². The number of carboxylic acids is 2. The average Bonchev–Trinajstić information content (AvgIpc) is 2.24. The summed E-state index contributed by atoms with van der Waals surface area (Å²) in [6.07, 6.45) is 0.211. The van der Waals surface area contributed by atoms with Gasteiger partial charge in [0, 0.05) is 12.5 Å². The van der Waals surface area contributed by atoms with E-state index in [4.69, 9.17) is 10.2 Å². The minimum absolute atomic E-state index is 0.0420. The summed E-state index contributed by atoms with van der Waals surface area (Å²) in [4.78, 5) is 32.6. The van der Waals surface area contributed by atoms with E-state index in [0.29, 0.717) is 0 Å². The summed E-state index contributed by atoms with van der Waals surface area (Å²) in [6.45, 7) is 3.78. The van der Waals surface area contributed by atoms with E-state index in [-0.39, 0.29) is 31.8 Å². The SMILES string of the molecule is CC(C)NCC(=O)N[C@H](CCCC(=O)O)C(=O)O. The summed E-state index contributed by atoms with van der Waals surface area (Å²) in [7, 11) is 0. The van der Waals surface area contributed by atoms with Gasteiger partial charge in [-0.1, -0.05) is 13.8 Å². The van der Waals surface area contributed by atoms with Crippen LogP contribution in [0.15, 0.2) is 0 Å². The van der Waals surface area contributed by atoms with Crippen LogP contribution in [0, 0.1) is 0 Å². The molecule has 0 aromatic rings. The number of amides is 1. The van der Waals surface area contributed by atoms with Crippen molar-refractivity contribution in [2.45, 2.75) is 45.2 Å². The number of carbonyl (C=O) groups excluding carboxylic acids is 1. The minimum Gasteiger partial charge on any atom is -0.481 e. The lowest BCUT2D eigenvalue weighted by Gasteiger charge is -2.15. The predicted molar refractivity (Wildman–Crippen MR) is 64.2 cm³/mol. The molecule has 1 amide bonds. The number of carbonyl (C=O) groups is 3. The number of rotatable bonds is 9. The standard InChI is InChI=1S/C11H20N2O5/c1-7(2)12-6-9(14)13-8(11(17)18)4-3-5-10(15)16/h7-8,12H,3-6H2,1-2H3,(H,13,14)(H,15,16)(H,17,18)/t8-/m1/s1. The van der Waals surface area contributed by atoms with Crippen molar-refractivity contribution >= 4 is 17.8 Å². The number of nitrogens with one attached hydrogen (secondary N) is 2. The Labute approximate surface area is 106 Å². The topological polar surface area (TPSA) is 116 Å². The van der Waals surface area contributed by atoms with Crippen molar-refractivity contribution in [3.8, 4) is 0 Å². The Hall–Kier alpha value is -1.63. The second-order valence-electron chi connectivity index (χ2n) is 4.28. The fourth-order valence-corrected chi connectivity index (χ4v) is 1.26. The van der Waals surface area contributed by atoms with Gasteiger partial charge in [-0.2, -0.15) is 0 Å². The van der Waals surface area contributed by atoms with Gasteiger partial charge < -0.3 is 20.8 Å². The second-order valence-corrected chi connectivity index (χ2v) is 4.28. The van der Waals surface area contributed by atoms with E-state index in [2.05, 4.69) is 10.6 Å². The maximum absolute atomic E-state index is 11.4. The molecular formula is C11H20N2O5. The van der Waals surface area contributed by atoms with Crippen LogP contribution in [-0.4, -0.2) is 46.7 Å². The van der Waals surface area contributed by atoms with E-state index in [1.54, 1.807) is 0 Å². The molecule has 0 aliphatic carbocycles. The van der Waals surface area contributed by atoms with Gasteiger partial charge in [-0.25, -0.2) is 4.79 Å². The van der Waals surface area contributed by atoms with Crippen LogP contribution in [0.3, 0.4) is 0 Å². The van der Waals surface area contributed by atoms with Gasteiger partial charge in [-0.3, -0.25) is 9.59 Å². The molecule has 0 saturated carbocycles. The molecule has 1 atom stereocenters. The number of hydrogen-bond acceptors (Lipinski definition) is 4. The third kappa shape index (κ3) is 8.51. The van der Waals surface area contributed by atoms with E-state index < -0.39 is 23.9 Å². The molecule has 7 heteroatoms. The first-order chi connectivity index (χ1) is 8.32. The van der Waals surface area contributed by atoms with Crippen molar-refractivity contribution in [2.24, 2.45) is 0 Å². The summed E-state index contributed by atoms with van der Waals surface area (Å²) in [5.74, 6) is -2.54. The summed E-state index contributed by atoms with van der Waals surface area (Å²) >= 11 is 0. The van der Waals surface area contributed by atoms with Crippen LogP contribution in [0.4, 0.5) is 0 Å². The molecular weight excluding hydrogens is 240 g/mol. The maximum atomic E-state index is 11.4. The molecule has 0 aromatic carbocycles. The van der Waals surface area contributed by atoms with Gasteiger partial charge in [-0.05, 0) is 12.8 Å². The molecule has 0 bridgehead atoms. The van der Waals surface area contributed by atoms with Crippen molar-refractivity contribution in [3.63, 3.8) is 0 Å². The molecule has 104 valence electrons. The Bertz CT molecular complexity index is 304. The molecule has 4 N–H and O–H groups in total. The van der Waals surface area contributed by atoms with Crippen molar-refractivity contribution in [1.82, 2.24) is 10.6 Å². The third-order valence-corrected chi connectivity index (χ3v) is 2.19. The number of hydrogen-bond donors (Lipinski definition) is 4. The van der Waals surface area contributed by atoms with Crippen molar-refractivity contribution < 1.29 is 24.6 Å². The number of carboxylic acid groups (broad SMARTS) is 2. The van der Waals surface area contributed by atoms with Gasteiger partial charge in [0.15, 0.2) is 0 Å². The highest BCUT2D eigenvalue weighted by Gasteiger charge is 2.19. The van der Waals surface area contributed by atoms with Crippen molar-refractivity contribution in [3.05, 3.63) is 0 Å². The van der Waals surface area contributed by atoms with Gasteiger partial charge in [0.2, 0.25) is 5.91 Å². The van der Waals surface area contributed by atoms with Gasteiger partial charge in [0.25, 0.3) is 0 Å². The lowest BCUT2D eigenvalue weighted by Crippen LogP contribution is -2.45. The van der Waals surface area contributed by atoms with E-state index in [9.17, 15) is 14.4 Å². The zero-order valence-electron chi connectivity index (χ0n) is 10.6. The lowest BCUT2D eigenvalue weighted by atomic mass is 10.1. The van der Waals surface area contributed by atoms with Crippen LogP contribution >= 0.6 is 0 Å². The molecule has 0 heterocycles. The minimum atomic E-state index is -1.15. The van der Waals surface area contributed by atoms with E-state index in [0.717, 1.165) is 0 Å². The summed E-state index contributed by atoms with van der Waals surface area (Å²) in [6, 6.07) is -0.906. The van der Waals surface area contributed by atoms with E-state index >= 15 is 0 Å². The highest BCUT2D eigenvalue weighted by atomic mass is 16.4. The van der Waals surface area contributed by atoms with Crippen LogP contribution < -0.4 is 10.6 Å². The first kappa shape index (κ1) is 16.4. The summed E-state index contributed by atoms with van der Waals surface area (Å²) in [5.41, 5.74) is 0.